The Morgan fingerprint density at radius 2 is 1.84 bits per heavy atom. The lowest BCUT2D eigenvalue weighted by Crippen LogP contribution is -2.24. The first-order valence-corrected chi connectivity index (χ1v) is 11.2. The van der Waals surface area contributed by atoms with Gasteiger partial charge in [0.25, 0.3) is 11.8 Å². The maximum absolute atomic E-state index is 12.9. The Kier molecular flexibility index (Phi) is 5.45. The second kappa shape index (κ2) is 8.55. The van der Waals surface area contributed by atoms with E-state index in [2.05, 4.69) is 21.6 Å². The van der Waals surface area contributed by atoms with Crippen molar-refractivity contribution in [3.63, 3.8) is 0 Å². The molecule has 0 spiro atoms. The van der Waals surface area contributed by atoms with E-state index in [1.54, 1.807) is 30.5 Å². The van der Waals surface area contributed by atoms with E-state index < -0.39 is 6.67 Å². The molecule has 8 heteroatoms. The monoisotopic (exact) mass is 448 g/mol. The van der Waals surface area contributed by atoms with Gasteiger partial charge in [0.1, 0.15) is 4.83 Å². The van der Waals surface area contributed by atoms with Crippen LogP contribution in [0, 0.1) is 0 Å². The standard InChI is InChI=1S/C24H21FN4O2S/c25-8-7-15-1-4-17(5-2-15)22(30)26-11-16-3-6-18-13-29(14-20(18)9-16)24(31)21-10-19-12-27-28-23(19)32-21/h1-6,9-10,12H,7-8,11,13-14H2,(H,26,30)(H,27,28). The molecule has 6 nitrogen and oxygen atoms in total. The SMILES string of the molecule is O=C(NCc1ccc2c(c1)CN(C(=O)c1cc3cn[nH]c3s1)C2)c1ccc(CCF)cc1. The molecule has 0 saturated carbocycles. The molecule has 162 valence electrons. The molecule has 3 heterocycles. The van der Waals surface area contributed by atoms with E-state index in [9.17, 15) is 14.0 Å². The minimum absolute atomic E-state index is 0.0156. The molecule has 0 unspecified atom stereocenters. The smallest absolute Gasteiger partial charge is 0.264 e. The molecule has 2 aromatic heterocycles. The fraction of sp³-hybridized carbons (Fsp3) is 0.208. The highest BCUT2D eigenvalue weighted by atomic mass is 32.1. The lowest BCUT2D eigenvalue weighted by atomic mass is 10.1. The van der Waals surface area contributed by atoms with Gasteiger partial charge in [0.2, 0.25) is 0 Å². The first kappa shape index (κ1) is 20.4. The summed E-state index contributed by atoms with van der Waals surface area (Å²) in [7, 11) is 0. The summed E-state index contributed by atoms with van der Waals surface area (Å²) >= 11 is 1.42. The Hall–Kier alpha value is -3.52. The van der Waals surface area contributed by atoms with Crippen molar-refractivity contribution in [3.8, 4) is 0 Å². The predicted octanol–water partition coefficient (Wildman–Crippen LogP) is 4.22. The Balaban J connectivity index is 1.21. The zero-order chi connectivity index (χ0) is 22.1. The van der Waals surface area contributed by atoms with Crippen LogP contribution in [0.4, 0.5) is 4.39 Å². The van der Waals surface area contributed by atoms with Gasteiger partial charge in [0, 0.05) is 37.0 Å². The average molecular weight is 449 g/mol. The molecule has 1 aliphatic rings. The first-order valence-electron chi connectivity index (χ1n) is 10.4. The van der Waals surface area contributed by atoms with Crippen LogP contribution in [0.5, 0.6) is 0 Å². The van der Waals surface area contributed by atoms with Gasteiger partial charge >= 0.3 is 0 Å². The van der Waals surface area contributed by atoms with Crippen LogP contribution in [0.3, 0.4) is 0 Å². The number of carbonyl (C=O) groups excluding carboxylic acids is 2. The van der Waals surface area contributed by atoms with Gasteiger partial charge in [-0.1, -0.05) is 30.3 Å². The normalized spacial score (nSPS) is 12.8. The second-order valence-electron chi connectivity index (χ2n) is 7.85. The summed E-state index contributed by atoms with van der Waals surface area (Å²) < 4.78 is 12.4. The number of nitrogens with one attached hydrogen (secondary N) is 2. The minimum Gasteiger partial charge on any atom is -0.348 e. The zero-order valence-electron chi connectivity index (χ0n) is 17.2. The van der Waals surface area contributed by atoms with Crippen molar-refractivity contribution in [2.45, 2.75) is 26.1 Å². The van der Waals surface area contributed by atoms with Crippen molar-refractivity contribution >= 4 is 33.4 Å². The number of rotatable bonds is 6. The number of thiophene rings is 1. The molecule has 0 saturated heterocycles. The largest absolute Gasteiger partial charge is 0.348 e. The van der Waals surface area contributed by atoms with Crippen molar-refractivity contribution in [3.05, 3.63) is 87.4 Å². The van der Waals surface area contributed by atoms with E-state index in [-0.39, 0.29) is 11.8 Å². The quantitative estimate of drug-likeness (QED) is 0.464. The number of nitrogens with zero attached hydrogens (tertiary/aromatic N) is 2. The van der Waals surface area contributed by atoms with Crippen LogP contribution < -0.4 is 5.32 Å². The predicted molar refractivity (Wildman–Crippen MR) is 121 cm³/mol. The molecular weight excluding hydrogens is 427 g/mol. The number of aromatic amines is 1. The van der Waals surface area contributed by atoms with Gasteiger partial charge in [-0.2, -0.15) is 5.10 Å². The third-order valence-corrected chi connectivity index (χ3v) is 6.72. The average Bonchev–Trinajstić information content (AvgIpc) is 3.52. The molecule has 0 radical (unpaired) electrons. The lowest BCUT2D eigenvalue weighted by Gasteiger charge is -2.13. The van der Waals surface area contributed by atoms with Crippen molar-refractivity contribution in [1.29, 1.82) is 0 Å². The van der Waals surface area contributed by atoms with Crippen molar-refractivity contribution in [2.75, 3.05) is 6.67 Å². The number of H-pyrrole nitrogens is 1. The number of alkyl halides is 1. The summed E-state index contributed by atoms with van der Waals surface area (Å²) in [5, 5.41) is 10.8. The molecule has 2 aromatic carbocycles. The highest BCUT2D eigenvalue weighted by Crippen LogP contribution is 2.29. The third-order valence-electron chi connectivity index (χ3n) is 5.67. The van der Waals surface area contributed by atoms with Gasteiger partial charge in [0.15, 0.2) is 0 Å². The highest BCUT2D eigenvalue weighted by Gasteiger charge is 2.26. The molecule has 4 aromatic rings. The number of hydrogen-bond acceptors (Lipinski definition) is 4. The van der Waals surface area contributed by atoms with Gasteiger partial charge < -0.3 is 10.2 Å². The maximum Gasteiger partial charge on any atom is 0.264 e. The summed E-state index contributed by atoms with van der Waals surface area (Å²) in [5.74, 6) is -0.154. The number of benzene rings is 2. The third kappa shape index (κ3) is 4.01. The number of halogens is 1. The van der Waals surface area contributed by atoms with E-state index in [0.717, 1.165) is 32.5 Å². The molecule has 2 amide bonds. The summed E-state index contributed by atoms with van der Waals surface area (Å²) in [6, 6.07) is 14.9. The van der Waals surface area contributed by atoms with Crippen LogP contribution in [0.15, 0.2) is 54.7 Å². The van der Waals surface area contributed by atoms with E-state index in [0.29, 0.717) is 36.5 Å². The summed E-state index contributed by atoms with van der Waals surface area (Å²) in [4.78, 5) is 28.8. The van der Waals surface area contributed by atoms with E-state index in [4.69, 9.17) is 0 Å². The highest BCUT2D eigenvalue weighted by molar-refractivity contribution is 7.20. The van der Waals surface area contributed by atoms with E-state index >= 15 is 0 Å². The van der Waals surface area contributed by atoms with Crippen LogP contribution in [0.2, 0.25) is 0 Å². The fourth-order valence-corrected chi connectivity index (χ4v) is 4.88. The molecule has 0 aliphatic carbocycles. The topological polar surface area (TPSA) is 78.1 Å². The minimum atomic E-state index is -0.408. The first-order chi connectivity index (χ1) is 15.6. The van der Waals surface area contributed by atoms with Gasteiger partial charge in [-0.05, 0) is 40.5 Å². The maximum atomic E-state index is 12.9. The van der Waals surface area contributed by atoms with Gasteiger partial charge in [-0.25, -0.2) is 0 Å². The molecular formula is C24H21FN4O2S. The Bertz CT molecular complexity index is 1270. The molecule has 5 rings (SSSR count). The van der Waals surface area contributed by atoms with Crippen LogP contribution >= 0.6 is 11.3 Å². The van der Waals surface area contributed by atoms with Crippen molar-refractivity contribution in [2.24, 2.45) is 0 Å². The molecule has 32 heavy (non-hydrogen) atoms. The van der Waals surface area contributed by atoms with Crippen LogP contribution in [0.25, 0.3) is 10.2 Å². The molecule has 0 bridgehead atoms. The number of fused-ring (bicyclic) bond motifs is 2. The second-order valence-corrected chi connectivity index (χ2v) is 8.90. The number of hydrogen-bond donors (Lipinski definition) is 2. The van der Waals surface area contributed by atoms with Crippen molar-refractivity contribution in [1.82, 2.24) is 20.4 Å². The summed E-state index contributed by atoms with van der Waals surface area (Å²) in [5.41, 5.74) is 4.63. The van der Waals surface area contributed by atoms with Gasteiger partial charge in [-0.15, -0.1) is 11.3 Å². The number of aryl methyl sites for hydroxylation is 1. The molecule has 2 N–H and O–H groups in total. The van der Waals surface area contributed by atoms with Gasteiger partial charge in [0.05, 0.1) is 17.7 Å². The number of carbonyl (C=O) groups is 2. The van der Waals surface area contributed by atoms with Crippen molar-refractivity contribution < 1.29 is 14.0 Å². The fourth-order valence-electron chi connectivity index (χ4n) is 3.93. The zero-order valence-corrected chi connectivity index (χ0v) is 18.0. The lowest BCUT2D eigenvalue weighted by molar-refractivity contribution is 0.0756. The molecule has 1 aliphatic heterocycles. The number of amides is 2. The van der Waals surface area contributed by atoms with Crippen LogP contribution in [-0.4, -0.2) is 33.6 Å². The van der Waals surface area contributed by atoms with Crippen LogP contribution in [0.1, 0.15) is 42.3 Å². The Morgan fingerprint density at radius 3 is 2.62 bits per heavy atom. The summed E-state index contributed by atoms with van der Waals surface area (Å²) in [6.07, 6.45) is 2.08. The Labute approximate surface area is 188 Å². The molecule has 0 atom stereocenters. The summed E-state index contributed by atoms with van der Waals surface area (Å²) in [6.45, 7) is 1.12. The molecule has 0 fully saturated rings. The van der Waals surface area contributed by atoms with Crippen LogP contribution in [-0.2, 0) is 26.1 Å². The Morgan fingerprint density at radius 1 is 1.06 bits per heavy atom. The van der Waals surface area contributed by atoms with E-state index in [1.165, 1.54) is 11.3 Å². The van der Waals surface area contributed by atoms with Gasteiger partial charge in [-0.3, -0.25) is 19.1 Å². The van der Waals surface area contributed by atoms with E-state index in [1.807, 2.05) is 23.1 Å². The number of aromatic nitrogens is 2.